The predicted octanol–water partition coefficient (Wildman–Crippen LogP) is -2.94. The molecule has 14 heteroatoms. The summed E-state index contributed by atoms with van der Waals surface area (Å²) in [5, 5.41) is 25.3. The van der Waals surface area contributed by atoms with E-state index in [2.05, 4.69) is 20.9 Å². The molecule has 3 amide bonds. The Morgan fingerprint density at radius 1 is 0.906 bits per heavy atom. The third kappa shape index (κ3) is 12.3. The van der Waals surface area contributed by atoms with Crippen LogP contribution in [0.1, 0.15) is 39.5 Å². The van der Waals surface area contributed by atoms with Crippen LogP contribution in [0.2, 0.25) is 0 Å². The maximum Gasteiger partial charge on any atom is 0.326 e. The molecule has 0 aromatic rings. The highest BCUT2D eigenvalue weighted by Crippen LogP contribution is 2.07. The molecule has 0 aromatic carbocycles. The lowest BCUT2D eigenvalue weighted by atomic mass is 10.0. The molecule has 3 atom stereocenters. The van der Waals surface area contributed by atoms with Gasteiger partial charge in [0, 0.05) is 6.54 Å². The quantitative estimate of drug-likeness (QED) is 0.0702. The molecular formula is C18H33N7O7. The number of guanidine groups is 1. The lowest BCUT2D eigenvalue weighted by Gasteiger charge is -2.24. The van der Waals surface area contributed by atoms with Crippen LogP contribution >= 0.6 is 0 Å². The average molecular weight is 460 g/mol. The van der Waals surface area contributed by atoms with Crippen LogP contribution in [0.3, 0.4) is 0 Å². The first-order chi connectivity index (χ1) is 14.9. The van der Waals surface area contributed by atoms with Gasteiger partial charge in [0.2, 0.25) is 17.7 Å². The maximum atomic E-state index is 12.6. The van der Waals surface area contributed by atoms with Crippen molar-refractivity contribution in [1.82, 2.24) is 16.0 Å². The molecule has 0 spiro atoms. The Morgan fingerprint density at radius 2 is 1.47 bits per heavy atom. The van der Waals surface area contributed by atoms with Crippen molar-refractivity contribution < 1.29 is 34.2 Å². The second kappa shape index (κ2) is 14.6. The summed E-state index contributed by atoms with van der Waals surface area (Å²) >= 11 is 0. The van der Waals surface area contributed by atoms with Crippen LogP contribution in [0.15, 0.2) is 4.99 Å². The Bertz CT molecular complexity index is 708. The Balaban J connectivity index is 5.33. The number of hydrogen-bond donors (Lipinski definition) is 8. The standard InChI is InChI=1S/C18H33N7O7/c1-9(2)6-11(23-13(26)8-19)15(29)25-12(7-14(27)28)16(30)24-10(17(31)32)4-3-5-22-18(20)21/h9-12H,3-8,19H2,1-2H3,(H,23,26)(H,24,30)(H,25,29)(H,27,28)(H,31,32)(H4,20,21,22). The molecule has 14 nitrogen and oxygen atoms in total. The highest BCUT2D eigenvalue weighted by atomic mass is 16.4. The van der Waals surface area contributed by atoms with E-state index in [0.29, 0.717) is 0 Å². The number of aliphatic imine (C=N–C) groups is 1. The summed E-state index contributed by atoms with van der Waals surface area (Å²) < 4.78 is 0. The molecule has 0 heterocycles. The van der Waals surface area contributed by atoms with Gasteiger partial charge in [0.1, 0.15) is 18.1 Å². The van der Waals surface area contributed by atoms with E-state index >= 15 is 0 Å². The van der Waals surface area contributed by atoms with Crippen molar-refractivity contribution in [2.45, 2.75) is 57.7 Å². The van der Waals surface area contributed by atoms with Crippen LogP contribution in [-0.4, -0.2) is 77.0 Å². The fourth-order valence-electron chi connectivity index (χ4n) is 2.65. The summed E-state index contributed by atoms with van der Waals surface area (Å²) in [5.41, 5.74) is 15.6. The van der Waals surface area contributed by atoms with E-state index in [1.165, 1.54) is 0 Å². The number of carboxylic acids is 2. The van der Waals surface area contributed by atoms with Crippen LogP contribution < -0.4 is 33.2 Å². The normalized spacial score (nSPS) is 13.4. The summed E-state index contributed by atoms with van der Waals surface area (Å²) in [4.78, 5) is 63.2. The van der Waals surface area contributed by atoms with Crippen molar-refractivity contribution in [3.8, 4) is 0 Å². The van der Waals surface area contributed by atoms with Gasteiger partial charge < -0.3 is 43.4 Å². The maximum absolute atomic E-state index is 12.6. The Kier molecular flexibility index (Phi) is 13.0. The molecule has 0 saturated heterocycles. The molecule has 0 saturated carbocycles. The van der Waals surface area contributed by atoms with Gasteiger partial charge >= 0.3 is 11.9 Å². The second-order valence-electron chi connectivity index (χ2n) is 7.46. The zero-order valence-corrected chi connectivity index (χ0v) is 18.2. The number of nitrogens with two attached hydrogens (primary N) is 3. The van der Waals surface area contributed by atoms with Gasteiger partial charge in [0.25, 0.3) is 0 Å². The van der Waals surface area contributed by atoms with Crippen molar-refractivity contribution >= 4 is 35.6 Å². The summed E-state index contributed by atoms with van der Waals surface area (Å²) in [6.45, 7) is 3.38. The van der Waals surface area contributed by atoms with Gasteiger partial charge in [0.05, 0.1) is 13.0 Å². The highest BCUT2D eigenvalue weighted by molar-refractivity contribution is 5.95. The second-order valence-corrected chi connectivity index (χ2v) is 7.46. The molecule has 0 aliphatic heterocycles. The van der Waals surface area contributed by atoms with Crippen molar-refractivity contribution in [1.29, 1.82) is 0 Å². The van der Waals surface area contributed by atoms with Gasteiger partial charge in [-0.2, -0.15) is 0 Å². The first kappa shape index (κ1) is 28.6. The number of rotatable bonds is 15. The Hall–Kier alpha value is -3.42. The van der Waals surface area contributed by atoms with Crippen molar-refractivity contribution in [3.05, 3.63) is 0 Å². The molecule has 0 bridgehead atoms. The van der Waals surface area contributed by atoms with E-state index in [4.69, 9.17) is 22.3 Å². The molecule has 0 radical (unpaired) electrons. The van der Waals surface area contributed by atoms with Crippen LogP contribution in [-0.2, 0) is 24.0 Å². The van der Waals surface area contributed by atoms with E-state index in [1.54, 1.807) is 13.8 Å². The highest BCUT2D eigenvalue weighted by Gasteiger charge is 2.31. The van der Waals surface area contributed by atoms with Crippen molar-refractivity contribution in [2.75, 3.05) is 13.1 Å². The monoisotopic (exact) mass is 459 g/mol. The van der Waals surface area contributed by atoms with Crippen LogP contribution in [0.5, 0.6) is 0 Å². The van der Waals surface area contributed by atoms with Crippen LogP contribution in [0.25, 0.3) is 0 Å². The molecule has 0 aromatic heterocycles. The number of carbonyl (C=O) groups excluding carboxylic acids is 3. The van der Waals surface area contributed by atoms with Gasteiger partial charge in [-0.3, -0.25) is 24.2 Å². The number of nitrogens with one attached hydrogen (secondary N) is 3. The molecular weight excluding hydrogens is 426 g/mol. The van der Waals surface area contributed by atoms with E-state index in [9.17, 15) is 29.1 Å². The Morgan fingerprint density at radius 3 is 1.94 bits per heavy atom. The fourth-order valence-corrected chi connectivity index (χ4v) is 2.65. The number of nitrogens with zero attached hydrogens (tertiary/aromatic N) is 1. The van der Waals surface area contributed by atoms with Crippen LogP contribution in [0, 0.1) is 5.92 Å². The molecule has 3 unspecified atom stereocenters. The lowest BCUT2D eigenvalue weighted by molar-refractivity contribution is -0.143. The van der Waals surface area contributed by atoms with Crippen molar-refractivity contribution in [3.63, 3.8) is 0 Å². The SMILES string of the molecule is CC(C)CC(NC(=O)CN)C(=O)NC(CC(=O)O)C(=O)NC(CCCN=C(N)N)C(=O)O. The zero-order chi connectivity index (χ0) is 24.8. The van der Waals surface area contributed by atoms with Crippen molar-refractivity contribution in [2.24, 2.45) is 28.1 Å². The molecule has 11 N–H and O–H groups in total. The lowest BCUT2D eigenvalue weighted by Crippen LogP contribution is -2.56. The number of amides is 3. The van der Waals surface area contributed by atoms with E-state index in [-0.39, 0.29) is 44.2 Å². The smallest absolute Gasteiger partial charge is 0.326 e. The first-order valence-corrected chi connectivity index (χ1v) is 9.97. The van der Waals surface area contributed by atoms with Gasteiger partial charge in [-0.1, -0.05) is 13.8 Å². The largest absolute Gasteiger partial charge is 0.481 e. The van der Waals surface area contributed by atoms with Crippen LogP contribution in [0.4, 0.5) is 0 Å². The summed E-state index contributed by atoms with van der Waals surface area (Å²) in [6.07, 6.45) is -0.389. The third-order valence-electron chi connectivity index (χ3n) is 4.12. The molecule has 32 heavy (non-hydrogen) atoms. The fraction of sp³-hybridized carbons (Fsp3) is 0.667. The van der Waals surface area contributed by atoms with E-state index < -0.39 is 54.2 Å². The first-order valence-electron chi connectivity index (χ1n) is 9.97. The van der Waals surface area contributed by atoms with Gasteiger partial charge in [-0.05, 0) is 25.2 Å². The Labute approximate surface area is 185 Å². The predicted molar refractivity (Wildman–Crippen MR) is 114 cm³/mol. The van der Waals surface area contributed by atoms with Gasteiger partial charge in [0.15, 0.2) is 5.96 Å². The molecule has 182 valence electrons. The minimum Gasteiger partial charge on any atom is -0.481 e. The summed E-state index contributed by atoms with van der Waals surface area (Å²) in [5.74, 6) is -5.31. The number of carboxylic acid groups (broad SMARTS) is 2. The number of aliphatic carboxylic acids is 2. The molecule has 0 rings (SSSR count). The number of hydrogen-bond acceptors (Lipinski definition) is 7. The minimum absolute atomic E-state index is 0.0165. The molecule has 0 fully saturated rings. The topological polar surface area (TPSA) is 252 Å². The zero-order valence-electron chi connectivity index (χ0n) is 18.2. The molecule has 0 aliphatic rings. The van der Waals surface area contributed by atoms with E-state index in [1.807, 2.05) is 0 Å². The minimum atomic E-state index is -1.57. The third-order valence-corrected chi connectivity index (χ3v) is 4.12. The summed E-state index contributed by atoms with van der Waals surface area (Å²) in [7, 11) is 0. The summed E-state index contributed by atoms with van der Waals surface area (Å²) in [6, 6.07) is -3.97. The van der Waals surface area contributed by atoms with Gasteiger partial charge in [-0.15, -0.1) is 0 Å². The average Bonchev–Trinajstić information content (AvgIpc) is 2.67. The molecule has 0 aliphatic carbocycles. The van der Waals surface area contributed by atoms with E-state index in [0.717, 1.165) is 0 Å². The number of carbonyl (C=O) groups is 5. The van der Waals surface area contributed by atoms with Gasteiger partial charge in [-0.25, -0.2) is 4.79 Å².